The second-order valence-electron chi connectivity index (χ2n) is 6.30. The highest BCUT2D eigenvalue weighted by Gasteiger charge is 2.44. The smallest absolute Gasteiger partial charge is 0.0695 e. The second-order valence-corrected chi connectivity index (χ2v) is 6.30. The average molecular weight is 239 g/mol. The Morgan fingerprint density at radius 2 is 1.59 bits per heavy atom. The lowest BCUT2D eigenvalue weighted by atomic mass is 10.00. The molecule has 5 atom stereocenters. The standard InChI is InChI=1S/C14H25NO2/c16-13-7-6-10-8-15(9-11(10)13)12-4-2-1-3-5-14(12)17/h10-14,16-17H,1-9H2. The molecule has 5 unspecified atom stereocenters. The third-order valence-electron chi connectivity index (χ3n) is 5.26. The zero-order valence-corrected chi connectivity index (χ0v) is 10.6. The van der Waals surface area contributed by atoms with Crippen LogP contribution in [0.1, 0.15) is 44.9 Å². The summed E-state index contributed by atoms with van der Waals surface area (Å²) in [5.41, 5.74) is 0. The van der Waals surface area contributed by atoms with E-state index in [2.05, 4.69) is 4.90 Å². The zero-order valence-electron chi connectivity index (χ0n) is 10.6. The summed E-state index contributed by atoms with van der Waals surface area (Å²) in [5, 5.41) is 20.2. The van der Waals surface area contributed by atoms with Gasteiger partial charge in [-0.1, -0.05) is 19.3 Å². The fraction of sp³-hybridized carbons (Fsp3) is 1.00. The number of nitrogens with zero attached hydrogens (tertiary/aromatic N) is 1. The number of fused-ring (bicyclic) bond motifs is 1. The Morgan fingerprint density at radius 3 is 2.41 bits per heavy atom. The molecule has 0 aromatic heterocycles. The molecule has 0 spiro atoms. The van der Waals surface area contributed by atoms with Crippen molar-refractivity contribution in [3.8, 4) is 0 Å². The molecule has 0 aromatic carbocycles. The SMILES string of the molecule is OC1CCC2CN(C3CCCCCC3O)CC12. The lowest BCUT2D eigenvalue weighted by Gasteiger charge is -2.31. The Kier molecular flexibility index (Phi) is 3.42. The van der Waals surface area contributed by atoms with E-state index >= 15 is 0 Å². The van der Waals surface area contributed by atoms with E-state index in [0.29, 0.717) is 17.9 Å². The summed E-state index contributed by atoms with van der Waals surface area (Å²) in [6.45, 7) is 2.14. The fourth-order valence-electron chi connectivity index (χ4n) is 4.24. The lowest BCUT2D eigenvalue weighted by Crippen LogP contribution is -2.42. The number of likely N-dealkylation sites (tertiary alicyclic amines) is 1. The Hall–Kier alpha value is -0.120. The molecule has 3 fully saturated rings. The number of hydrogen-bond donors (Lipinski definition) is 2. The molecule has 0 radical (unpaired) electrons. The van der Waals surface area contributed by atoms with Crippen molar-refractivity contribution in [1.29, 1.82) is 0 Å². The topological polar surface area (TPSA) is 43.7 Å². The van der Waals surface area contributed by atoms with Crippen LogP contribution in [0.4, 0.5) is 0 Å². The number of rotatable bonds is 1. The van der Waals surface area contributed by atoms with E-state index in [4.69, 9.17) is 0 Å². The van der Waals surface area contributed by atoms with Gasteiger partial charge in [-0.05, 0) is 31.6 Å². The van der Waals surface area contributed by atoms with E-state index in [9.17, 15) is 10.2 Å². The van der Waals surface area contributed by atoms with Gasteiger partial charge in [-0.2, -0.15) is 0 Å². The molecule has 3 aliphatic rings. The maximum Gasteiger partial charge on any atom is 0.0695 e. The van der Waals surface area contributed by atoms with Gasteiger partial charge in [-0.25, -0.2) is 0 Å². The molecule has 1 heterocycles. The van der Waals surface area contributed by atoms with E-state index in [1.807, 2.05) is 0 Å². The van der Waals surface area contributed by atoms with Crippen LogP contribution in [-0.2, 0) is 0 Å². The van der Waals surface area contributed by atoms with E-state index < -0.39 is 0 Å². The van der Waals surface area contributed by atoms with Gasteiger partial charge >= 0.3 is 0 Å². The first-order chi connectivity index (χ1) is 8.25. The Bertz CT molecular complexity index is 271. The molecule has 3 rings (SSSR count). The number of hydrogen-bond acceptors (Lipinski definition) is 3. The summed E-state index contributed by atoms with van der Waals surface area (Å²) in [5.74, 6) is 1.19. The van der Waals surface area contributed by atoms with Gasteiger partial charge in [0.1, 0.15) is 0 Å². The summed E-state index contributed by atoms with van der Waals surface area (Å²) in [6.07, 6.45) is 7.81. The van der Waals surface area contributed by atoms with Gasteiger partial charge in [0, 0.05) is 25.0 Å². The molecule has 3 nitrogen and oxygen atoms in total. The Labute approximate surface area is 104 Å². The molecule has 17 heavy (non-hydrogen) atoms. The van der Waals surface area contributed by atoms with E-state index in [0.717, 1.165) is 32.4 Å². The molecule has 1 aliphatic heterocycles. The Balaban J connectivity index is 1.65. The quantitative estimate of drug-likeness (QED) is 0.680. The minimum Gasteiger partial charge on any atom is -0.393 e. The van der Waals surface area contributed by atoms with Crippen molar-refractivity contribution in [2.45, 2.75) is 63.2 Å². The minimum atomic E-state index is -0.131. The molecular formula is C14H25NO2. The highest BCUT2D eigenvalue weighted by atomic mass is 16.3. The molecule has 0 bridgehead atoms. The van der Waals surface area contributed by atoms with Gasteiger partial charge in [0.25, 0.3) is 0 Å². The van der Waals surface area contributed by atoms with E-state index in [-0.39, 0.29) is 12.2 Å². The van der Waals surface area contributed by atoms with Crippen LogP contribution in [0.3, 0.4) is 0 Å². The number of aliphatic hydroxyl groups is 2. The maximum atomic E-state index is 10.2. The summed E-state index contributed by atoms with van der Waals surface area (Å²) < 4.78 is 0. The number of aliphatic hydroxyl groups excluding tert-OH is 2. The molecule has 0 amide bonds. The first-order valence-electron chi connectivity index (χ1n) is 7.36. The third kappa shape index (κ3) is 2.25. The third-order valence-corrected chi connectivity index (χ3v) is 5.26. The van der Waals surface area contributed by atoms with Gasteiger partial charge in [0.05, 0.1) is 12.2 Å². The van der Waals surface area contributed by atoms with Gasteiger partial charge in [0.15, 0.2) is 0 Å². The molecule has 0 aromatic rings. The van der Waals surface area contributed by atoms with Crippen molar-refractivity contribution >= 4 is 0 Å². The lowest BCUT2D eigenvalue weighted by molar-refractivity contribution is 0.0458. The van der Waals surface area contributed by atoms with Crippen LogP contribution in [0.2, 0.25) is 0 Å². The van der Waals surface area contributed by atoms with E-state index in [1.54, 1.807) is 0 Å². The summed E-state index contributed by atoms with van der Waals surface area (Å²) in [6, 6.07) is 0.371. The normalized spacial score (nSPS) is 48.0. The highest BCUT2D eigenvalue weighted by Crippen LogP contribution is 2.40. The average Bonchev–Trinajstić information content (AvgIpc) is 2.79. The van der Waals surface area contributed by atoms with Crippen molar-refractivity contribution in [2.24, 2.45) is 11.8 Å². The van der Waals surface area contributed by atoms with Crippen molar-refractivity contribution in [1.82, 2.24) is 4.90 Å². The van der Waals surface area contributed by atoms with Crippen LogP contribution >= 0.6 is 0 Å². The fourth-order valence-corrected chi connectivity index (χ4v) is 4.24. The minimum absolute atomic E-state index is 0.0760. The predicted octanol–water partition coefficient (Wildman–Crippen LogP) is 1.38. The van der Waals surface area contributed by atoms with Crippen LogP contribution in [0.25, 0.3) is 0 Å². The monoisotopic (exact) mass is 239 g/mol. The molecule has 2 N–H and O–H groups in total. The second kappa shape index (κ2) is 4.87. The Morgan fingerprint density at radius 1 is 0.765 bits per heavy atom. The van der Waals surface area contributed by atoms with Crippen molar-refractivity contribution < 1.29 is 10.2 Å². The first-order valence-corrected chi connectivity index (χ1v) is 7.36. The van der Waals surface area contributed by atoms with Crippen LogP contribution < -0.4 is 0 Å². The highest BCUT2D eigenvalue weighted by molar-refractivity contribution is 4.97. The summed E-state index contributed by atoms with van der Waals surface area (Å²) in [4.78, 5) is 2.48. The van der Waals surface area contributed by atoms with Crippen LogP contribution in [0, 0.1) is 11.8 Å². The van der Waals surface area contributed by atoms with Gasteiger partial charge < -0.3 is 10.2 Å². The predicted molar refractivity (Wildman–Crippen MR) is 66.7 cm³/mol. The molecule has 1 saturated heterocycles. The molecule has 3 heteroatoms. The summed E-state index contributed by atoms with van der Waals surface area (Å²) >= 11 is 0. The van der Waals surface area contributed by atoms with Gasteiger partial charge in [-0.3, -0.25) is 4.90 Å². The van der Waals surface area contributed by atoms with Crippen molar-refractivity contribution in [3.63, 3.8) is 0 Å². The molecule has 2 aliphatic carbocycles. The van der Waals surface area contributed by atoms with Gasteiger partial charge in [-0.15, -0.1) is 0 Å². The zero-order chi connectivity index (χ0) is 11.8. The van der Waals surface area contributed by atoms with E-state index in [1.165, 1.54) is 25.7 Å². The van der Waals surface area contributed by atoms with Crippen LogP contribution in [0.5, 0.6) is 0 Å². The molecule has 98 valence electrons. The van der Waals surface area contributed by atoms with Crippen LogP contribution in [0.15, 0.2) is 0 Å². The first kappa shape index (κ1) is 11.9. The largest absolute Gasteiger partial charge is 0.393 e. The molecule has 2 saturated carbocycles. The van der Waals surface area contributed by atoms with Gasteiger partial charge in [0.2, 0.25) is 0 Å². The molecular weight excluding hydrogens is 214 g/mol. The van der Waals surface area contributed by atoms with Crippen molar-refractivity contribution in [2.75, 3.05) is 13.1 Å². The maximum absolute atomic E-state index is 10.2. The van der Waals surface area contributed by atoms with Crippen LogP contribution in [-0.4, -0.2) is 46.5 Å². The summed E-state index contributed by atoms with van der Waals surface area (Å²) in [7, 11) is 0. The van der Waals surface area contributed by atoms with Crippen molar-refractivity contribution in [3.05, 3.63) is 0 Å².